The second-order valence-electron chi connectivity index (χ2n) is 5.22. The minimum Gasteiger partial charge on any atom is -0.327 e. The third kappa shape index (κ3) is 3.30. The fourth-order valence-corrected chi connectivity index (χ4v) is 2.08. The van der Waals surface area contributed by atoms with Crippen molar-refractivity contribution in [3.05, 3.63) is 0 Å². The minimum atomic E-state index is 0.479. The zero-order chi connectivity index (χ0) is 9.84. The molecule has 0 aromatic rings. The van der Waals surface area contributed by atoms with Crippen LogP contribution in [-0.4, -0.2) is 6.04 Å². The third-order valence-corrected chi connectivity index (χ3v) is 3.55. The monoisotopic (exact) mass is 183 g/mol. The van der Waals surface area contributed by atoms with Gasteiger partial charge in [-0.05, 0) is 37.0 Å². The van der Waals surface area contributed by atoms with E-state index in [-0.39, 0.29) is 0 Å². The van der Waals surface area contributed by atoms with Crippen LogP contribution in [0.3, 0.4) is 0 Å². The first-order valence-electron chi connectivity index (χ1n) is 5.87. The molecule has 2 N–H and O–H groups in total. The fourth-order valence-electron chi connectivity index (χ4n) is 2.08. The normalized spacial score (nSPS) is 22.8. The molecule has 1 nitrogen and oxygen atoms in total. The van der Waals surface area contributed by atoms with Crippen molar-refractivity contribution in [1.29, 1.82) is 0 Å². The van der Waals surface area contributed by atoms with E-state index < -0.39 is 0 Å². The maximum absolute atomic E-state index is 6.21. The Bertz CT molecular complexity index is 138. The van der Waals surface area contributed by atoms with Gasteiger partial charge in [0, 0.05) is 6.04 Å². The van der Waals surface area contributed by atoms with Gasteiger partial charge in [-0.3, -0.25) is 0 Å². The van der Waals surface area contributed by atoms with Crippen LogP contribution in [0.5, 0.6) is 0 Å². The van der Waals surface area contributed by atoms with Crippen LogP contribution < -0.4 is 5.73 Å². The first-order valence-corrected chi connectivity index (χ1v) is 5.87. The molecule has 1 heteroatoms. The van der Waals surface area contributed by atoms with E-state index in [1.165, 1.54) is 32.1 Å². The molecular formula is C12H25N. The summed E-state index contributed by atoms with van der Waals surface area (Å²) in [6, 6.07) is 0.479. The van der Waals surface area contributed by atoms with E-state index in [4.69, 9.17) is 5.73 Å². The summed E-state index contributed by atoms with van der Waals surface area (Å²) < 4.78 is 0. The summed E-state index contributed by atoms with van der Waals surface area (Å²) in [4.78, 5) is 0. The van der Waals surface area contributed by atoms with Crippen LogP contribution in [0.1, 0.15) is 52.9 Å². The highest BCUT2D eigenvalue weighted by Gasteiger charge is 2.27. The molecule has 0 heterocycles. The molecule has 78 valence electrons. The summed E-state index contributed by atoms with van der Waals surface area (Å²) in [5, 5.41) is 0. The van der Waals surface area contributed by atoms with E-state index in [0.29, 0.717) is 6.04 Å². The lowest BCUT2D eigenvalue weighted by molar-refractivity contribution is 0.205. The van der Waals surface area contributed by atoms with E-state index in [1.807, 2.05) is 0 Å². The van der Waals surface area contributed by atoms with Crippen LogP contribution in [0.2, 0.25) is 0 Å². The Kier molecular flexibility index (Phi) is 4.24. The first-order chi connectivity index (χ1) is 6.11. The lowest BCUT2D eigenvalue weighted by Gasteiger charge is -2.35. The molecule has 1 aliphatic rings. The van der Waals surface area contributed by atoms with Crippen LogP contribution >= 0.6 is 0 Å². The van der Waals surface area contributed by atoms with Crippen molar-refractivity contribution in [2.75, 3.05) is 0 Å². The molecule has 0 amide bonds. The summed E-state index contributed by atoms with van der Waals surface area (Å²) in [7, 11) is 0. The Morgan fingerprint density at radius 1 is 1.15 bits per heavy atom. The highest BCUT2D eigenvalue weighted by molar-refractivity contribution is 4.83. The SMILES string of the molecule is CC(C)CC[C@@H](C)C(N)C1CCC1. The Balaban J connectivity index is 2.17. The van der Waals surface area contributed by atoms with Gasteiger partial charge in [0.25, 0.3) is 0 Å². The van der Waals surface area contributed by atoms with Crippen molar-refractivity contribution in [2.24, 2.45) is 23.5 Å². The standard InChI is InChI=1S/C12H25N/c1-9(2)7-8-10(3)12(13)11-5-4-6-11/h9-12H,4-8,13H2,1-3H3/t10-,12?/m1/s1. The van der Waals surface area contributed by atoms with Gasteiger partial charge in [0.1, 0.15) is 0 Å². The molecule has 1 saturated carbocycles. The van der Waals surface area contributed by atoms with Crippen molar-refractivity contribution in [1.82, 2.24) is 0 Å². The van der Waals surface area contributed by atoms with E-state index in [0.717, 1.165) is 17.8 Å². The van der Waals surface area contributed by atoms with Gasteiger partial charge < -0.3 is 5.73 Å². The highest BCUT2D eigenvalue weighted by atomic mass is 14.7. The predicted octanol–water partition coefficient (Wildman–Crippen LogP) is 3.19. The quantitative estimate of drug-likeness (QED) is 0.696. The molecule has 0 aromatic carbocycles. The van der Waals surface area contributed by atoms with Gasteiger partial charge in [-0.2, -0.15) is 0 Å². The highest BCUT2D eigenvalue weighted by Crippen LogP contribution is 2.32. The van der Waals surface area contributed by atoms with Crippen LogP contribution in [0, 0.1) is 17.8 Å². The average molecular weight is 183 g/mol. The van der Waals surface area contributed by atoms with Crippen molar-refractivity contribution < 1.29 is 0 Å². The van der Waals surface area contributed by atoms with Crippen molar-refractivity contribution >= 4 is 0 Å². The average Bonchev–Trinajstić information content (AvgIpc) is 1.96. The summed E-state index contributed by atoms with van der Waals surface area (Å²) in [6.07, 6.45) is 6.83. The molecule has 1 fully saturated rings. The second kappa shape index (κ2) is 4.99. The predicted molar refractivity (Wildman–Crippen MR) is 58.6 cm³/mol. The molecule has 0 bridgehead atoms. The molecule has 0 spiro atoms. The zero-order valence-electron chi connectivity index (χ0n) is 9.42. The van der Waals surface area contributed by atoms with Crippen LogP contribution in [0.15, 0.2) is 0 Å². The van der Waals surface area contributed by atoms with Gasteiger partial charge >= 0.3 is 0 Å². The van der Waals surface area contributed by atoms with Crippen molar-refractivity contribution in [3.63, 3.8) is 0 Å². The largest absolute Gasteiger partial charge is 0.327 e. The summed E-state index contributed by atoms with van der Waals surface area (Å²) in [5.74, 6) is 2.41. The molecule has 1 unspecified atom stereocenters. The number of rotatable bonds is 5. The molecule has 0 radical (unpaired) electrons. The molecule has 0 aromatic heterocycles. The van der Waals surface area contributed by atoms with E-state index in [1.54, 1.807) is 0 Å². The van der Waals surface area contributed by atoms with E-state index >= 15 is 0 Å². The van der Waals surface area contributed by atoms with Gasteiger partial charge in [-0.1, -0.05) is 33.6 Å². The Hall–Kier alpha value is -0.0400. The number of nitrogens with two attached hydrogens (primary N) is 1. The topological polar surface area (TPSA) is 26.0 Å². The van der Waals surface area contributed by atoms with Crippen molar-refractivity contribution in [3.8, 4) is 0 Å². The molecule has 13 heavy (non-hydrogen) atoms. The fraction of sp³-hybridized carbons (Fsp3) is 1.00. The second-order valence-corrected chi connectivity index (χ2v) is 5.22. The summed E-state index contributed by atoms with van der Waals surface area (Å²) >= 11 is 0. The van der Waals surface area contributed by atoms with Gasteiger partial charge in [0.15, 0.2) is 0 Å². The number of hydrogen-bond acceptors (Lipinski definition) is 1. The van der Waals surface area contributed by atoms with Crippen molar-refractivity contribution in [2.45, 2.75) is 58.9 Å². The third-order valence-electron chi connectivity index (χ3n) is 3.55. The molecular weight excluding hydrogens is 158 g/mol. The Morgan fingerprint density at radius 2 is 1.77 bits per heavy atom. The van der Waals surface area contributed by atoms with E-state index in [9.17, 15) is 0 Å². The molecule has 0 saturated heterocycles. The van der Waals surface area contributed by atoms with Crippen LogP contribution in [0.4, 0.5) is 0 Å². The van der Waals surface area contributed by atoms with E-state index in [2.05, 4.69) is 20.8 Å². The summed E-state index contributed by atoms with van der Waals surface area (Å²) in [6.45, 7) is 6.91. The minimum absolute atomic E-state index is 0.479. The van der Waals surface area contributed by atoms with Gasteiger partial charge in [-0.15, -0.1) is 0 Å². The lowest BCUT2D eigenvalue weighted by atomic mass is 9.74. The number of hydrogen-bond donors (Lipinski definition) is 1. The summed E-state index contributed by atoms with van der Waals surface area (Å²) in [5.41, 5.74) is 6.21. The Morgan fingerprint density at radius 3 is 2.15 bits per heavy atom. The van der Waals surface area contributed by atoms with Gasteiger partial charge in [0.05, 0.1) is 0 Å². The Labute approximate surface area is 83.1 Å². The smallest absolute Gasteiger partial charge is 0.00929 e. The van der Waals surface area contributed by atoms with Crippen LogP contribution in [-0.2, 0) is 0 Å². The van der Waals surface area contributed by atoms with Gasteiger partial charge in [0.2, 0.25) is 0 Å². The molecule has 2 atom stereocenters. The van der Waals surface area contributed by atoms with Crippen LogP contribution in [0.25, 0.3) is 0 Å². The maximum Gasteiger partial charge on any atom is 0.00929 e. The maximum atomic E-state index is 6.21. The van der Waals surface area contributed by atoms with Gasteiger partial charge in [-0.25, -0.2) is 0 Å². The lowest BCUT2D eigenvalue weighted by Crippen LogP contribution is -2.39. The zero-order valence-corrected chi connectivity index (χ0v) is 9.42. The first kappa shape index (κ1) is 11.0. The molecule has 1 rings (SSSR count). The molecule has 0 aliphatic heterocycles. The molecule has 1 aliphatic carbocycles.